The first-order valence-electron chi connectivity index (χ1n) is 7.40. The lowest BCUT2D eigenvalue weighted by Crippen LogP contribution is -2.49. The molecule has 1 aromatic rings. The summed E-state index contributed by atoms with van der Waals surface area (Å²) < 4.78 is 0. The smallest absolute Gasteiger partial charge is 0.0443 e. The van der Waals surface area contributed by atoms with E-state index in [1.807, 2.05) is 11.3 Å². The van der Waals surface area contributed by atoms with Crippen LogP contribution >= 0.6 is 11.3 Å². The molecule has 1 aromatic heterocycles. The summed E-state index contributed by atoms with van der Waals surface area (Å²) in [5.41, 5.74) is 0. The summed E-state index contributed by atoms with van der Waals surface area (Å²) in [7, 11) is 0. The average molecular weight is 282 g/mol. The lowest BCUT2D eigenvalue weighted by molar-refractivity contribution is 0.145. The van der Waals surface area contributed by atoms with Crippen LogP contribution in [0.3, 0.4) is 0 Å². The van der Waals surface area contributed by atoms with E-state index < -0.39 is 0 Å². The highest BCUT2D eigenvalue weighted by Gasteiger charge is 2.26. The second-order valence-corrected chi connectivity index (χ2v) is 6.50. The fraction of sp³-hybridized carbons (Fsp3) is 0.733. The summed E-state index contributed by atoms with van der Waals surface area (Å²) in [5.74, 6) is 0.763. The Morgan fingerprint density at radius 1 is 1.47 bits per heavy atom. The van der Waals surface area contributed by atoms with E-state index >= 15 is 0 Å². The Morgan fingerprint density at radius 3 is 3.05 bits per heavy atom. The minimum Gasteiger partial charge on any atom is -0.396 e. The van der Waals surface area contributed by atoms with Crippen LogP contribution < -0.4 is 5.32 Å². The number of nitrogens with zero attached hydrogens (tertiary/aromatic N) is 1. The van der Waals surface area contributed by atoms with Crippen LogP contribution in [-0.4, -0.2) is 48.8 Å². The fourth-order valence-corrected chi connectivity index (χ4v) is 3.78. The maximum atomic E-state index is 8.87. The summed E-state index contributed by atoms with van der Waals surface area (Å²) in [5, 5.41) is 14.6. The minimum absolute atomic E-state index is 0.288. The van der Waals surface area contributed by atoms with E-state index in [9.17, 15) is 0 Å². The average Bonchev–Trinajstić information content (AvgIpc) is 2.91. The van der Waals surface area contributed by atoms with Gasteiger partial charge in [-0.3, -0.25) is 0 Å². The standard InChI is InChI=1S/C15H26N2OS/c1-2-17-11-13(10-15-5-3-8-19-15)9-14(12-17)16-6-4-7-18/h3,5,8,13-14,16,18H,2,4,6-7,9-12H2,1H3. The molecule has 19 heavy (non-hydrogen) atoms. The molecular formula is C15H26N2OS. The highest BCUT2D eigenvalue weighted by Crippen LogP contribution is 2.23. The van der Waals surface area contributed by atoms with E-state index in [4.69, 9.17) is 5.11 Å². The van der Waals surface area contributed by atoms with Crippen LogP contribution in [0.15, 0.2) is 17.5 Å². The lowest BCUT2D eigenvalue weighted by atomic mass is 9.91. The van der Waals surface area contributed by atoms with Crippen molar-refractivity contribution in [3.8, 4) is 0 Å². The van der Waals surface area contributed by atoms with Gasteiger partial charge in [0.2, 0.25) is 0 Å². The molecule has 3 nitrogen and oxygen atoms in total. The van der Waals surface area contributed by atoms with Crippen molar-refractivity contribution in [3.63, 3.8) is 0 Å². The predicted octanol–water partition coefficient (Wildman–Crippen LogP) is 1.97. The molecule has 108 valence electrons. The van der Waals surface area contributed by atoms with E-state index in [1.54, 1.807) is 0 Å². The molecule has 0 bridgehead atoms. The topological polar surface area (TPSA) is 35.5 Å². The Balaban J connectivity index is 1.84. The number of aliphatic hydroxyl groups excluding tert-OH is 1. The van der Waals surface area contributed by atoms with E-state index in [-0.39, 0.29) is 6.61 Å². The van der Waals surface area contributed by atoms with Gasteiger partial charge in [0.25, 0.3) is 0 Å². The highest BCUT2D eigenvalue weighted by atomic mass is 32.1. The van der Waals surface area contributed by atoms with E-state index in [1.165, 1.54) is 24.3 Å². The highest BCUT2D eigenvalue weighted by molar-refractivity contribution is 7.09. The zero-order chi connectivity index (χ0) is 13.5. The summed E-state index contributed by atoms with van der Waals surface area (Å²) >= 11 is 1.88. The summed E-state index contributed by atoms with van der Waals surface area (Å²) in [4.78, 5) is 4.07. The largest absolute Gasteiger partial charge is 0.396 e. The first kappa shape index (κ1) is 15.0. The Bertz CT molecular complexity index is 342. The van der Waals surface area contributed by atoms with Crippen molar-refractivity contribution in [1.29, 1.82) is 0 Å². The molecule has 0 amide bonds. The molecule has 2 heterocycles. The number of nitrogens with one attached hydrogen (secondary N) is 1. The molecule has 0 aromatic carbocycles. The molecule has 2 rings (SSSR count). The van der Waals surface area contributed by atoms with Crippen molar-refractivity contribution in [2.75, 3.05) is 32.8 Å². The number of likely N-dealkylation sites (tertiary alicyclic amines) is 1. The molecule has 1 aliphatic heterocycles. The van der Waals surface area contributed by atoms with Crippen molar-refractivity contribution in [3.05, 3.63) is 22.4 Å². The van der Waals surface area contributed by atoms with Crippen molar-refractivity contribution in [2.45, 2.75) is 32.2 Å². The Kier molecular flexibility index (Phi) is 6.31. The zero-order valence-corrected chi connectivity index (χ0v) is 12.7. The Hall–Kier alpha value is -0.420. The van der Waals surface area contributed by atoms with Gasteiger partial charge in [0, 0.05) is 30.6 Å². The molecule has 0 aliphatic carbocycles. The van der Waals surface area contributed by atoms with Crippen LogP contribution in [0, 0.1) is 5.92 Å². The monoisotopic (exact) mass is 282 g/mol. The van der Waals surface area contributed by atoms with Gasteiger partial charge in [0.1, 0.15) is 0 Å². The van der Waals surface area contributed by atoms with Crippen LogP contribution in [0.5, 0.6) is 0 Å². The molecule has 2 atom stereocenters. The second-order valence-electron chi connectivity index (χ2n) is 5.47. The lowest BCUT2D eigenvalue weighted by Gasteiger charge is -2.37. The first-order chi connectivity index (χ1) is 9.31. The van der Waals surface area contributed by atoms with Crippen molar-refractivity contribution >= 4 is 11.3 Å². The number of piperidine rings is 1. The molecule has 2 N–H and O–H groups in total. The van der Waals surface area contributed by atoms with Crippen molar-refractivity contribution < 1.29 is 5.11 Å². The van der Waals surface area contributed by atoms with E-state index in [0.29, 0.717) is 6.04 Å². The van der Waals surface area contributed by atoms with Gasteiger partial charge in [-0.15, -0.1) is 11.3 Å². The zero-order valence-electron chi connectivity index (χ0n) is 11.8. The normalized spacial score (nSPS) is 24.7. The number of hydrogen-bond donors (Lipinski definition) is 2. The SMILES string of the molecule is CCN1CC(Cc2cccs2)CC(NCCCO)C1. The molecule has 2 unspecified atom stereocenters. The molecule has 4 heteroatoms. The number of thiophene rings is 1. The summed E-state index contributed by atoms with van der Waals surface area (Å²) in [6.07, 6.45) is 3.34. The van der Waals surface area contributed by atoms with Crippen LogP contribution in [-0.2, 0) is 6.42 Å². The predicted molar refractivity (Wildman–Crippen MR) is 81.7 cm³/mol. The Labute approximate surface area is 120 Å². The quantitative estimate of drug-likeness (QED) is 0.751. The maximum Gasteiger partial charge on any atom is 0.0443 e. The van der Waals surface area contributed by atoms with Crippen molar-refractivity contribution in [2.24, 2.45) is 5.92 Å². The molecule has 1 saturated heterocycles. The molecule has 0 spiro atoms. The molecule has 0 saturated carbocycles. The number of hydrogen-bond acceptors (Lipinski definition) is 4. The number of aliphatic hydroxyl groups is 1. The van der Waals surface area contributed by atoms with Crippen LogP contribution in [0.1, 0.15) is 24.6 Å². The second kappa shape index (κ2) is 8.00. The molecule has 1 fully saturated rings. The third-order valence-electron chi connectivity index (χ3n) is 3.90. The third-order valence-corrected chi connectivity index (χ3v) is 4.80. The van der Waals surface area contributed by atoms with E-state index in [0.717, 1.165) is 32.0 Å². The van der Waals surface area contributed by atoms with Gasteiger partial charge in [0.05, 0.1) is 0 Å². The van der Waals surface area contributed by atoms with Gasteiger partial charge < -0.3 is 15.3 Å². The summed E-state index contributed by atoms with van der Waals surface area (Å²) in [6.45, 7) is 6.99. The maximum absolute atomic E-state index is 8.87. The van der Waals surface area contributed by atoms with Crippen LogP contribution in [0.4, 0.5) is 0 Å². The van der Waals surface area contributed by atoms with Gasteiger partial charge in [-0.1, -0.05) is 13.0 Å². The van der Waals surface area contributed by atoms with Gasteiger partial charge in [-0.25, -0.2) is 0 Å². The van der Waals surface area contributed by atoms with Crippen LogP contribution in [0.25, 0.3) is 0 Å². The van der Waals surface area contributed by atoms with Gasteiger partial charge in [0.15, 0.2) is 0 Å². The van der Waals surface area contributed by atoms with Crippen molar-refractivity contribution in [1.82, 2.24) is 10.2 Å². The molecule has 0 radical (unpaired) electrons. The van der Waals surface area contributed by atoms with Gasteiger partial charge >= 0.3 is 0 Å². The first-order valence-corrected chi connectivity index (χ1v) is 8.28. The molecular weight excluding hydrogens is 256 g/mol. The summed E-state index contributed by atoms with van der Waals surface area (Å²) in [6, 6.07) is 4.99. The van der Waals surface area contributed by atoms with Crippen LogP contribution in [0.2, 0.25) is 0 Å². The third kappa shape index (κ3) is 4.88. The minimum atomic E-state index is 0.288. The van der Waals surface area contributed by atoms with E-state index in [2.05, 4.69) is 34.7 Å². The Morgan fingerprint density at radius 2 is 2.37 bits per heavy atom. The molecule has 1 aliphatic rings. The fourth-order valence-electron chi connectivity index (χ4n) is 2.96. The van der Waals surface area contributed by atoms with Gasteiger partial charge in [-0.05, 0) is 49.7 Å². The number of likely N-dealkylation sites (N-methyl/N-ethyl adjacent to an activating group) is 1. The van der Waals surface area contributed by atoms with Gasteiger partial charge in [-0.2, -0.15) is 0 Å². The number of rotatable bonds is 7.